The molecule has 1 aromatic rings. The number of aryl methyl sites for hydroxylation is 1. The molecular formula is C14H20ClNO4. The molecule has 0 unspecified atom stereocenters. The van der Waals surface area contributed by atoms with Crippen LogP contribution in [0.3, 0.4) is 0 Å². The highest BCUT2D eigenvalue weighted by atomic mass is 35.5. The number of nitrogens with zero attached hydrogens (tertiary/aromatic N) is 1. The Morgan fingerprint density at radius 3 is 2.30 bits per heavy atom. The third-order valence-corrected chi connectivity index (χ3v) is 2.68. The highest BCUT2D eigenvalue weighted by Crippen LogP contribution is 2.21. The SMILES string of the molecule is CCC(CC)=NO.Cc1cc(Cl)ccc1OCC(=O)O. The number of halogens is 1. The minimum absolute atomic E-state index is 0.331. The van der Waals surface area contributed by atoms with E-state index in [-0.39, 0.29) is 6.61 Å². The van der Waals surface area contributed by atoms with Crippen LogP contribution in [0.25, 0.3) is 0 Å². The first-order chi connectivity index (χ1) is 9.44. The molecular weight excluding hydrogens is 282 g/mol. The summed E-state index contributed by atoms with van der Waals surface area (Å²) in [6, 6.07) is 5.03. The molecule has 0 heterocycles. The third kappa shape index (κ3) is 7.63. The van der Waals surface area contributed by atoms with Gasteiger partial charge in [0.15, 0.2) is 6.61 Å². The highest BCUT2D eigenvalue weighted by Gasteiger charge is 2.02. The molecule has 0 radical (unpaired) electrons. The van der Waals surface area contributed by atoms with Gasteiger partial charge in [0.2, 0.25) is 0 Å². The van der Waals surface area contributed by atoms with Gasteiger partial charge in [-0.25, -0.2) is 4.79 Å². The van der Waals surface area contributed by atoms with Crippen molar-refractivity contribution in [1.29, 1.82) is 0 Å². The molecule has 1 aromatic carbocycles. The molecule has 0 atom stereocenters. The summed E-state index contributed by atoms with van der Waals surface area (Å²) in [5.74, 6) is -0.443. The summed E-state index contributed by atoms with van der Waals surface area (Å²) < 4.78 is 5.00. The number of oxime groups is 1. The average molecular weight is 302 g/mol. The molecule has 0 aliphatic carbocycles. The van der Waals surface area contributed by atoms with E-state index in [2.05, 4.69) is 5.16 Å². The molecule has 0 aliphatic rings. The number of aliphatic carboxylic acids is 1. The van der Waals surface area contributed by atoms with Gasteiger partial charge in [0.1, 0.15) is 5.75 Å². The fourth-order valence-electron chi connectivity index (χ4n) is 1.31. The zero-order valence-electron chi connectivity index (χ0n) is 11.9. The standard InChI is InChI=1S/C9H9ClO3.C5H11NO/c1-6-4-7(10)2-3-8(6)13-5-9(11)12;1-3-5(4-2)6-7/h2-4H,5H2,1H3,(H,11,12);7H,3-4H2,1-2H3. The summed E-state index contributed by atoms with van der Waals surface area (Å²) in [5, 5.41) is 20.1. The molecule has 0 fully saturated rings. The second-order valence-electron chi connectivity index (χ2n) is 3.97. The molecule has 1 rings (SSSR count). The van der Waals surface area contributed by atoms with E-state index in [4.69, 9.17) is 26.7 Å². The predicted molar refractivity (Wildman–Crippen MR) is 79.1 cm³/mol. The van der Waals surface area contributed by atoms with Crippen molar-refractivity contribution in [3.63, 3.8) is 0 Å². The lowest BCUT2D eigenvalue weighted by molar-refractivity contribution is -0.139. The number of hydrogen-bond donors (Lipinski definition) is 2. The topological polar surface area (TPSA) is 79.1 Å². The Morgan fingerprint density at radius 1 is 1.35 bits per heavy atom. The van der Waals surface area contributed by atoms with E-state index in [1.165, 1.54) is 0 Å². The Hall–Kier alpha value is -1.75. The highest BCUT2D eigenvalue weighted by molar-refractivity contribution is 6.30. The number of benzene rings is 1. The molecule has 0 amide bonds. The van der Waals surface area contributed by atoms with Gasteiger partial charge in [-0.2, -0.15) is 0 Å². The first-order valence-electron chi connectivity index (χ1n) is 6.25. The number of carboxylic acids is 1. The predicted octanol–water partition coefficient (Wildman–Crippen LogP) is 3.75. The number of rotatable bonds is 5. The van der Waals surface area contributed by atoms with E-state index >= 15 is 0 Å². The van der Waals surface area contributed by atoms with Gasteiger partial charge in [-0.3, -0.25) is 0 Å². The largest absolute Gasteiger partial charge is 0.482 e. The second-order valence-corrected chi connectivity index (χ2v) is 4.40. The first-order valence-corrected chi connectivity index (χ1v) is 6.62. The van der Waals surface area contributed by atoms with Gasteiger partial charge in [-0.15, -0.1) is 0 Å². The average Bonchev–Trinajstić information content (AvgIpc) is 2.40. The van der Waals surface area contributed by atoms with E-state index in [1.54, 1.807) is 18.2 Å². The quantitative estimate of drug-likeness (QED) is 0.493. The minimum atomic E-state index is -0.991. The minimum Gasteiger partial charge on any atom is -0.482 e. The lowest BCUT2D eigenvalue weighted by Gasteiger charge is -2.06. The Morgan fingerprint density at radius 2 is 1.95 bits per heavy atom. The molecule has 6 heteroatoms. The smallest absolute Gasteiger partial charge is 0.341 e. The number of carbonyl (C=O) groups is 1. The van der Waals surface area contributed by atoms with Gasteiger partial charge in [-0.05, 0) is 43.5 Å². The van der Waals surface area contributed by atoms with Crippen LogP contribution in [-0.4, -0.2) is 28.6 Å². The molecule has 0 spiro atoms. The normalized spacial score (nSPS) is 9.20. The number of hydrogen-bond acceptors (Lipinski definition) is 4. The molecule has 20 heavy (non-hydrogen) atoms. The zero-order chi connectivity index (χ0) is 15.5. The van der Waals surface area contributed by atoms with Gasteiger partial charge in [0.25, 0.3) is 0 Å². The Labute approximate surface area is 123 Å². The fraction of sp³-hybridized carbons (Fsp3) is 0.429. The second kappa shape index (κ2) is 10.1. The van der Waals surface area contributed by atoms with Crippen molar-refractivity contribution in [1.82, 2.24) is 0 Å². The molecule has 0 aliphatic heterocycles. The van der Waals surface area contributed by atoms with Crippen LogP contribution in [-0.2, 0) is 4.79 Å². The van der Waals surface area contributed by atoms with E-state index < -0.39 is 5.97 Å². The molecule has 2 N–H and O–H groups in total. The number of carboxylic acid groups (broad SMARTS) is 1. The van der Waals surface area contributed by atoms with Crippen LogP contribution in [0.1, 0.15) is 32.3 Å². The molecule has 0 saturated carbocycles. The summed E-state index contributed by atoms with van der Waals surface area (Å²) >= 11 is 5.71. The maximum absolute atomic E-state index is 10.2. The lowest BCUT2D eigenvalue weighted by Crippen LogP contribution is -2.09. The van der Waals surface area contributed by atoms with Gasteiger partial charge < -0.3 is 15.1 Å². The van der Waals surface area contributed by atoms with E-state index in [9.17, 15) is 4.79 Å². The summed E-state index contributed by atoms with van der Waals surface area (Å²) in [6.07, 6.45) is 1.71. The van der Waals surface area contributed by atoms with Crippen molar-refractivity contribution < 1.29 is 19.8 Å². The molecule has 0 aromatic heterocycles. The first kappa shape index (κ1) is 18.2. The van der Waals surface area contributed by atoms with Crippen LogP contribution in [0.15, 0.2) is 23.4 Å². The van der Waals surface area contributed by atoms with Crippen molar-refractivity contribution in [2.45, 2.75) is 33.6 Å². The number of ether oxygens (including phenoxy) is 1. The van der Waals surface area contributed by atoms with Crippen molar-refractivity contribution >= 4 is 23.3 Å². The van der Waals surface area contributed by atoms with Crippen molar-refractivity contribution in [2.75, 3.05) is 6.61 Å². The zero-order valence-corrected chi connectivity index (χ0v) is 12.6. The van der Waals surface area contributed by atoms with Crippen LogP contribution in [0.4, 0.5) is 0 Å². The summed E-state index contributed by atoms with van der Waals surface area (Å²) in [4.78, 5) is 10.2. The van der Waals surface area contributed by atoms with Crippen molar-refractivity contribution in [3.05, 3.63) is 28.8 Å². The van der Waals surface area contributed by atoms with E-state index in [1.807, 2.05) is 20.8 Å². The van der Waals surface area contributed by atoms with Gasteiger partial charge in [0.05, 0.1) is 5.71 Å². The molecule has 112 valence electrons. The third-order valence-electron chi connectivity index (χ3n) is 2.45. The Bertz CT molecular complexity index is 454. The Balaban J connectivity index is 0.000000441. The fourth-order valence-corrected chi connectivity index (χ4v) is 1.53. The van der Waals surface area contributed by atoms with Crippen LogP contribution in [0, 0.1) is 6.92 Å². The van der Waals surface area contributed by atoms with Crippen LogP contribution in [0.5, 0.6) is 5.75 Å². The molecule has 5 nitrogen and oxygen atoms in total. The monoisotopic (exact) mass is 301 g/mol. The maximum Gasteiger partial charge on any atom is 0.341 e. The van der Waals surface area contributed by atoms with Crippen LogP contribution in [0.2, 0.25) is 5.02 Å². The maximum atomic E-state index is 10.2. The summed E-state index contributed by atoms with van der Waals surface area (Å²) in [6.45, 7) is 5.42. The molecule has 0 bridgehead atoms. The van der Waals surface area contributed by atoms with Crippen molar-refractivity contribution in [3.8, 4) is 5.75 Å². The Kier molecular flexibility index (Phi) is 9.20. The van der Waals surface area contributed by atoms with E-state index in [0.29, 0.717) is 10.8 Å². The van der Waals surface area contributed by atoms with Gasteiger partial charge in [-0.1, -0.05) is 30.6 Å². The van der Waals surface area contributed by atoms with Crippen LogP contribution < -0.4 is 4.74 Å². The van der Waals surface area contributed by atoms with Crippen LogP contribution >= 0.6 is 11.6 Å². The van der Waals surface area contributed by atoms with Crippen molar-refractivity contribution in [2.24, 2.45) is 5.16 Å². The van der Waals surface area contributed by atoms with Gasteiger partial charge in [0, 0.05) is 5.02 Å². The lowest BCUT2D eigenvalue weighted by atomic mass is 10.2. The van der Waals surface area contributed by atoms with Gasteiger partial charge >= 0.3 is 5.97 Å². The van der Waals surface area contributed by atoms with E-state index in [0.717, 1.165) is 24.1 Å². The molecule has 0 saturated heterocycles. The summed E-state index contributed by atoms with van der Waals surface area (Å²) in [5.41, 5.74) is 1.69. The summed E-state index contributed by atoms with van der Waals surface area (Å²) in [7, 11) is 0.